The number of fused-ring (bicyclic) bond motifs is 10. The van der Waals surface area contributed by atoms with Crippen molar-refractivity contribution in [1.82, 2.24) is 15.0 Å². The van der Waals surface area contributed by atoms with E-state index in [1.165, 1.54) is 32.7 Å². The van der Waals surface area contributed by atoms with Gasteiger partial charge in [0, 0.05) is 38.2 Å². The van der Waals surface area contributed by atoms with Crippen LogP contribution in [0, 0.1) is 0 Å². The van der Waals surface area contributed by atoms with Gasteiger partial charge in [0.15, 0.2) is 17.5 Å². The maximum Gasteiger partial charge on any atom is 0.164 e. The largest absolute Gasteiger partial charge is 0.455 e. The molecule has 53 heavy (non-hydrogen) atoms. The lowest BCUT2D eigenvalue weighted by molar-refractivity contribution is 0.673. The highest BCUT2D eigenvalue weighted by Crippen LogP contribution is 2.41. The summed E-state index contributed by atoms with van der Waals surface area (Å²) in [4.78, 5) is 15.2. The lowest BCUT2D eigenvalue weighted by Gasteiger charge is -2.11. The van der Waals surface area contributed by atoms with Gasteiger partial charge in [0.05, 0.1) is 0 Å². The minimum Gasteiger partial charge on any atom is -0.455 e. The van der Waals surface area contributed by atoms with Gasteiger partial charge in [0.2, 0.25) is 0 Å². The normalized spacial score (nSPS) is 11.8. The molecular weight excluding hydrogens is 647 g/mol. The van der Waals surface area contributed by atoms with E-state index < -0.39 is 0 Å². The molecule has 9 aromatic carbocycles. The summed E-state index contributed by atoms with van der Waals surface area (Å²) in [6, 6.07) is 61.6. The summed E-state index contributed by atoms with van der Waals surface area (Å²) < 4.78 is 6.55. The van der Waals surface area contributed by atoms with E-state index in [0.29, 0.717) is 17.5 Å². The van der Waals surface area contributed by atoms with Gasteiger partial charge < -0.3 is 4.42 Å². The van der Waals surface area contributed by atoms with Crippen LogP contribution in [0.4, 0.5) is 0 Å². The molecule has 0 radical (unpaired) electrons. The first-order valence-corrected chi connectivity index (χ1v) is 17.8. The molecule has 0 atom stereocenters. The number of hydrogen-bond acceptors (Lipinski definition) is 4. The van der Waals surface area contributed by atoms with E-state index >= 15 is 0 Å². The van der Waals surface area contributed by atoms with Gasteiger partial charge in [0.1, 0.15) is 11.2 Å². The van der Waals surface area contributed by atoms with Gasteiger partial charge in [-0.25, -0.2) is 15.0 Å². The van der Waals surface area contributed by atoms with E-state index in [0.717, 1.165) is 60.2 Å². The van der Waals surface area contributed by atoms with Gasteiger partial charge in [-0.3, -0.25) is 0 Å². The molecule has 0 N–H and O–H groups in total. The van der Waals surface area contributed by atoms with Crippen LogP contribution in [-0.2, 0) is 0 Å². The van der Waals surface area contributed by atoms with Crippen molar-refractivity contribution in [3.8, 4) is 45.3 Å². The van der Waals surface area contributed by atoms with E-state index in [1.54, 1.807) is 0 Å². The highest BCUT2D eigenvalue weighted by molar-refractivity contribution is 6.29. The smallest absolute Gasteiger partial charge is 0.164 e. The summed E-state index contributed by atoms with van der Waals surface area (Å²) in [7, 11) is 0. The van der Waals surface area contributed by atoms with Gasteiger partial charge in [-0.05, 0) is 73.8 Å². The monoisotopic (exact) mass is 675 g/mol. The molecule has 0 aliphatic carbocycles. The van der Waals surface area contributed by atoms with Gasteiger partial charge in [-0.15, -0.1) is 0 Å². The standard InChI is InChI=1S/C49H29N3O/c1-3-9-30(10-4-1)35-18-15-31-16-20-37(29-39(31)27-35)48-50-47(34-12-5-2-6-13-34)51-49(52-48)38-22-24-40-36(28-38)19-17-33-23-26-43-45(44(33)40)42-25-21-32-11-7-8-14-41(32)46(42)53-43/h1-29H. The molecule has 11 rings (SSSR count). The second-order valence-electron chi connectivity index (χ2n) is 13.6. The maximum absolute atomic E-state index is 6.55. The number of aromatic nitrogens is 3. The van der Waals surface area contributed by atoms with Crippen LogP contribution in [0.25, 0.3) is 110 Å². The Morgan fingerprint density at radius 3 is 1.64 bits per heavy atom. The third-order valence-corrected chi connectivity index (χ3v) is 10.5. The molecule has 0 unspecified atom stereocenters. The number of rotatable bonds is 4. The summed E-state index contributed by atoms with van der Waals surface area (Å²) in [5.74, 6) is 1.91. The van der Waals surface area contributed by atoms with Gasteiger partial charge >= 0.3 is 0 Å². The summed E-state index contributed by atoms with van der Waals surface area (Å²) in [6.07, 6.45) is 0. The topological polar surface area (TPSA) is 51.8 Å². The molecule has 0 saturated heterocycles. The molecule has 0 spiro atoms. The number of nitrogens with zero attached hydrogens (tertiary/aromatic N) is 3. The van der Waals surface area contributed by atoms with Crippen molar-refractivity contribution in [2.24, 2.45) is 0 Å². The molecule has 4 heteroatoms. The zero-order valence-corrected chi connectivity index (χ0v) is 28.5. The predicted molar refractivity (Wildman–Crippen MR) is 219 cm³/mol. The SMILES string of the molecule is c1ccc(-c2ccc3ccc(-c4nc(-c5ccccc5)nc(-c5ccc6c(ccc7ccc8oc9c%10ccccc%10ccc9c8c76)c5)n4)cc3c2)cc1. The molecule has 2 aromatic heterocycles. The molecule has 0 bridgehead atoms. The Hall–Kier alpha value is -7.17. The summed E-state index contributed by atoms with van der Waals surface area (Å²) >= 11 is 0. The molecule has 11 aromatic rings. The fraction of sp³-hybridized carbons (Fsp3) is 0. The number of benzene rings is 9. The van der Waals surface area contributed by atoms with Gasteiger partial charge in [0.25, 0.3) is 0 Å². The molecule has 0 aliphatic heterocycles. The van der Waals surface area contributed by atoms with E-state index in [1.807, 2.05) is 36.4 Å². The zero-order chi connectivity index (χ0) is 34.9. The highest BCUT2D eigenvalue weighted by Gasteiger charge is 2.17. The third kappa shape index (κ3) is 4.88. The molecule has 0 amide bonds. The van der Waals surface area contributed by atoms with Crippen LogP contribution in [0.5, 0.6) is 0 Å². The van der Waals surface area contributed by atoms with Crippen LogP contribution < -0.4 is 0 Å². The summed E-state index contributed by atoms with van der Waals surface area (Å²) in [5.41, 5.74) is 6.99. The van der Waals surface area contributed by atoms with Crippen molar-refractivity contribution in [2.75, 3.05) is 0 Å². The Labute approximate surface area is 304 Å². The van der Waals surface area contributed by atoms with Crippen LogP contribution >= 0.6 is 0 Å². The van der Waals surface area contributed by atoms with Crippen molar-refractivity contribution in [3.63, 3.8) is 0 Å². The molecular formula is C49H29N3O. The summed E-state index contributed by atoms with van der Waals surface area (Å²) in [5, 5.41) is 11.5. The average molecular weight is 676 g/mol. The van der Waals surface area contributed by atoms with E-state index in [-0.39, 0.29) is 0 Å². The lowest BCUT2D eigenvalue weighted by Crippen LogP contribution is -2.00. The summed E-state index contributed by atoms with van der Waals surface area (Å²) in [6.45, 7) is 0. The third-order valence-electron chi connectivity index (χ3n) is 10.5. The van der Waals surface area contributed by atoms with E-state index in [2.05, 4.69) is 140 Å². The molecule has 2 heterocycles. The quantitative estimate of drug-likeness (QED) is 0.174. The Kier molecular flexibility index (Phi) is 6.52. The lowest BCUT2D eigenvalue weighted by atomic mass is 9.95. The van der Waals surface area contributed by atoms with Gasteiger partial charge in [-0.2, -0.15) is 0 Å². The predicted octanol–water partition coefficient (Wildman–Crippen LogP) is 13.1. The van der Waals surface area contributed by atoms with Gasteiger partial charge in [-0.1, -0.05) is 146 Å². The number of hydrogen-bond donors (Lipinski definition) is 0. The fourth-order valence-electron chi connectivity index (χ4n) is 7.83. The number of furan rings is 1. The Morgan fingerprint density at radius 2 is 0.849 bits per heavy atom. The fourth-order valence-corrected chi connectivity index (χ4v) is 7.83. The highest BCUT2D eigenvalue weighted by atomic mass is 16.3. The van der Waals surface area contributed by atoms with Crippen molar-refractivity contribution in [1.29, 1.82) is 0 Å². The Balaban J connectivity index is 1.09. The van der Waals surface area contributed by atoms with Crippen molar-refractivity contribution in [2.45, 2.75) is 0 Å². The zero-order valence-electron chi connectivity index (χ0n) is 28.5. The van der Waals surface area contributed by atoms with Crippen molar-refractivity contribution in [3.05, 3.63) is 176 Å². The molecule has 0 aliphatic rings. The van der Waals surface area contributed by atoms with E-state index in [4.69, 9.17) is 19.4 Å². The van der Waals surface area contributed by atoms with Crippen molar-refractivity contribution < 1.29 is 4.42 Å². The van der Waals surface area contributed by atoms with E-state index in [9.17, 15) is 0 Å². The average Bonchev–Trinajstić information content (AvgIpc) is 3.63. The van der Waals surface area contributed by atoms with Crippen LogP contribution in [0.15, 0.2) is 180 Å². The Morgan fingerprint density at radius 1 is 0.302 bits per heavy atom. The van der Waals surface area contributed by atoms with Crippen molar-refractivity contribution >= 4 is 65.0 Å². The van der Waals surface area contributed by atoms with Crippen LogP contribution in [0.2, 0.25) is 0 Å². The van der Waals surface area contributed by atoms with Crippen LogP contribution in [0.1, 0.15) is 0 Å². The minimum absolute atomic E-state index is 0.632. The first kappa shape index (κ1) is 29.5. The first-order valence-electron chi connectivity index (χ1n) is 17.8. The second kappa shape index (κ2) is 11.7. The van der Waals surface area contributed by atoms with Crippen LogP contribution in [0.3, 0.4) is 0 Å². The van der Waals surface area contributed by atoms with Crippen LogP contribution in [-0.4, -0.2) is 15.0 Å². The maximum atomic E-state index is 6.55. The Bertz CT molecular complexity index is 3220. The minimum atomic E-state index is 0.632. The molecule has 0 saturated carbocycles. The molecule has 4 nitrogen and oxygen atoms in total. The first-order chi connectivity index (χ1) is 26.2. The second-order valence-corrected chi connectivity index (χ2v) is 13.6. The molecule has 0 fully saturated rings. The molecule has 246 valence electrons.